The lowest BCUT2D eigenvalue weighted by Crippen LogP contribution is -2.35. The Morgan fingerprint density at radius 1 is 1.00 bits per heavy atom. The minimum absolute atomic E-state index is 0.0374. The lowest BCUT2D eigenvalue weighted by molar-refractivity contribution is -0.124. The van der Waals surface area contributed by atoms with E-state index in [0.29, 0.717) is 18.7 Å². The van der Waals surface area contributed by atoms with Crippen LogP contribution in [-0.4, -0.2) is 40.4 Å². The summed E-state index contributed by atoms with van der Waals surface area (Å²) in [5, 5.41) is 5.37. The van der Waals surface area contributed by atoms with E-state index in [-0.39, 0.29) is 34.1 Å². The van der Waals surface area contributed by atoms with E-state index >= 15 is 0 Å². The molecular weight excluding hydrogens is 432 g/mol. The zero-order valence-electron chi connectivity index (χ0n) is 18.5. The second-order valence-corrected chi connectivity index (χ2v) is 8.88. The van der Waals surface area contributed by atoms with Crippen molar-refractivity contribution in [2.75, 3.05) is 20.2 Å². The van der Waals surface area contributed by atoms with Crippen molar-refractivity contribution < 1.29 is 26.9 Å². The fourth-order valence-electron chi connectivity index (χ4n) is 2.53. The summed E-state index contributed by atoms with van der Waals surface area (Å²) in [4.78, 5) is 23.4. The van der Waals surface area contributed by atoms with Gasteiger partial charge < -0.3 is 19.6 Å². The van der Waals surface area contributed by atoms with Crippen molar-refractivity contribution in [1.82, 2.24) is 10.6 Å². The number of hydrogen-bond donors (Lipinski definition) is 2. The fraction of sp³-hybridized carbons (Fsp3) is 0.304. The first-order valence-electron chi connectivity index (χ1n) is 10.0. The van der Waals surface area contributed by atoms with Gasteiger partial charge in [0.15, 0.2) is 11.5 Å². The first kappa shape index (κ1) is 24.9. The largest absolute Gasteiger partial charge is 0.493 e. The van der Waals surface area contributed by atoms with E-state index < -0.39 is 10.1 Å². The number of amides is 2. The molecule has 0 aliphatic heterocycles. The highest BCUT2D eigenvalue weighted by molar-refractivity contribution is 7.87. The Kier molecular flexibility index (Phi) is 8.83. The van der Waals surface area contributed by atoms with Crippen LogP contribution in [0.1, 0.15) is 25.0 Å². The van der Waals surface area contributed by atoms with Crippen molar-refractivity contribution in [2.45, 2.75) is 25.7 Å². The quantitative estimate of drug-likeness (QED) is 0.320. The molecule has 2 aromatic carbocycles. The molecule has 0 aliphatic carbocycles. The topological polar surface area (TPSA) is 111 Å². The molecule has 172 valence electrons. The van der Waals surface area contributed by atoms with Crippen LogP contribution in [0.5, 0.6) is 11.5 Å². The predicted octanol–water partition coefficient (Wildman–Crippen LogP) is 2.67. The van der Waals surface area contributed by atoms with Gasteiger partial charge in [0.1, 0.15) is 4.90 Å². The average molecular weight is 461 g/mol. The molecule has 0 atom stereocenters. The summed E-state index contributed by atoms with van der Waals surface area (Å²) in [5.74, 6) is -0.270. The van der Waals surface area contributed by atoms with Crippen LogP contribution in [-0.2, 0) is 19.7 Å². The summed E-state index contributed by atoms with van der Waals surface area (Å²) >= 11 is 0. The normalized spacial score (nSPS) is 11.4. The zero-order valence-corrected chi connectivity index (χ0v) is 19.4. The Morgan fingerprint density at radius 3 is 2.28 bits per heavy atom. The molecule has 0 saturated carbocycles. The zero-order chi connectivity index (χ0) is 23.7. The van der Waals surface area contributed by atoms with Crippen LogP contribution >= 0.6 is 0 Å². The Morgan fingerprint density at radius 2 is 1.66 bits per heavy atom. The second kappa shape index (κ2) is 11.3. The van der Waals surface area contributed by atoms with Gasteiger partial charge in [-0.3, -0.25) is 9.59 Å². The number of carbonyl (C=O) groups excluding carboxylic acids is 2. The molecule has 2 rings (SSSR count). The maximum absolute atomic E-state index is 12.5. The van der Waals surface area contributed by atoms with Crippen molar-refractivity contribution >= 4 is 28.0 Å². The molecule has 9 heteroatoms. The first-order chi connectivity index (χ1) is 15.1. The summed E-state index contributed by atoms with van der Waals surface area (Å²) in [6.45, 7) is 6.08. The van der Waals surface area contributed by atoms with E-state index in [4.69, 9.17) is 8.92 Å². The van der Waals surface area contributed by atoms with Crippen LogP contribution in [0.25, 0.3) is 6.08 Å². The standard InChI is InChI=1S/C23H28N2O6S/c1-16(2)23(27)25-14-13-24-22(26)12-8-18-7-11-20(21(15-18)30-4)31-32(28,29)19-9-5-17(3)6-10-19/h5-12,15-16H,13-14H2,1-4H3,(H,24,26)(H,25,27)/b12-8+. The molecule has 0 unspecified atom stereocenters. The number of ether oxygens (including phenoxy) is 1. The summed E-state index contributed by atoms with van der Waals surface area (Å²) in [5.41, 5.74) is 1.55. The fourth-order valence-corrected chi connectivity index (χ4v) is 3.47. The highest BCUT2D eigenvalue weighted by atomic mass is 32.2. The van der Waals surface area contributed by atoms with Crippen LogP contribution in [0.4, 0.5) is 0 Å². The van der Waals surface area contributed by atoms with Crippen molar-refractivity contribution in [3.8, 4) is 11.5 Å². The lowest BCUT2D eigenvalue weighted by atomic mass is 10.2. The van der Waals surface area contributed by atoms with Crippen molar-refractivity contribution in [3.63, 3.8) is 0 Å². The number of carbonyl (C=O) groups is 2. The summed E-state index contributed by atoms with van der Waals surface area (Å²) in [7, 11) is -2.62. The highest BCUT2D eigenvalue weighted by Gasteiger charge is 2.19. The third-order valence-corrected chi connectivity index (χ3v) is 5.62. The second-order valence-electron chi connectivity index (χ2n) is 7.33. The number of hydrogen-bond acceptors (Lipinski definition) is 6. The van der Waals surface area contributed by atoms with Gasteiger partial charge in [-0.1, -0.05) is 37.6 Å². The van der Waals surface area contributed by atoms with Gasteiger partial charge in [0.05, 0.1) is 7.11 Å². The van der Waals surface area contributed by atoms with E-state index in [1.807, 2.05) is 6.92 Å². The molecule has 2 amide bonds. The molecule has 32 heavy (non-hydrogen) atoms. The van der Waals surface area contributed by atoms with Gasteiger partial charge in [-0.25, -0.2) is 0 Å². The molecule has 0 spiro atoms. The summed E-state index contributed by atoms with van der Waals surface area (Å²) < 4.78 is 35.5. The molecule has 0 radical (unpaired) electrons. The van der Waals surface area contributed by atoms with Crippen molar-refractivity contribution in [1.29, 1.82) is 0 Å². The molecule has 0 saturated heterocycles. The monoisotopic (exact) mass is 460 g/mol. The number of rotatable bonds is 10. The Balaban J connectivity index is 2.00. The molecular formula is C23H28N2O6S. The van der Waals surface area contributed by atoms with Gasteiger partial charge in [0.25, 0.3) is 0 Å². The summed E-state index contributed by atoms with van der Waals surface area (Å²) in [6, 6.07) is 10.9. The summed E-state index contributed by atoms with van der Waals surface area (Å²) in [6.07, 6.45) is 2.89. The maximum atomic E-state index is 12.5. The highest BCUT2D eigenvalue weighted by Crippen LogP contribution is 2.31. The van der Waals surface area contributed by atoms with Gasteiger partial charge in [0, 0.05) is 25.1 Å². The number of benzene rings is 2. The lowest BCUT2D eigenvalue weighted by Gasteiger charge is -2.11. The Labute approximate surface area is 188 Å². The molecule has 0 fully saturated rings. The minimum Gasteiger partial charge on any atom is -0.493 e. The van der Waals surface area contributed by atoms with Crippen LogP contribution in [0.3, 0.4) is 0 Å². The predicted molar refractivity (Wildman–Crippen MR) is 122 cm³/mol. The molecule has 2 aromatic rings. The van der Waals surface area contributed by atoms with E-state index in [1.54, 1.807) is 44.2 Å². The molecule has 0 bridgehead atoms. The van der Waals surface area contributed by atoms with Crippen LogP contribution in [0.2, 0.25) is 0 Å². The van der Waals surface area contributed by atoms with Gasteiger partial charge in [-0.05, 0) is 42.8 Å². The SMILES string of the molecule is COc1cc(/C=C/C(=O)NCCNC(=O)C(C)C)ccc1OS(=O)(=O)c1ccc(C)cc1. The molecule has 0 aromatic heterocycles. The van der Waals surface area contributed by atoms with Crippen LogP contribution in [0.15, 0.2) is 53.4 Å². The van der Waals surface area contributed by atoms with Crippen LogP contribution < -0.4 is 19.6 Å². The number of aryl methyl sites for hydroxylation is 1. The molecule has 8 nitrogen and oxygen atoms in total. The van der Waals surface area contributed by atoms with Gasteiger partial charge in [-0.2, -0.15) is 8.42 Å². The Hall–Kier alpha value is -3.33. The van der Waals surface area contributed by atoms with Gasteiger partial charge in [-0.15, -0.1) is 0 Å². The first-order valence-corrected chi connectivity index (χ1v) is 11.5. The number of methoxy groups -OCH3 is 1. The smallest absolute Gasteiger partial charge is 0.339 e. The van der Waals surface area contributed by atoms with Gasteiger partial charge in [0.2, 0.25) is 11.8 Å². The third kappa shape index (κ3) is 7.42. The van der Waals surface area contributed by atoms with E-state index in [2.05, 4.69) is 10.6 Å². The van der Waals surface area contributed by atoms with Crippen LogP contribution in [0, 0.1) is 12.8 Å². The van der Waals surface area contributed by atoms with E-state index in [0.717, 1.165) is 5.56 Å². The van der Waals surface area contributed by atoms with E-state index in [9.17, 15) is 18.0 Å². The molecule has 2 N–H and O–H groups in total. The van der Waals surface area contributed by atoms with Crippen molar-refractivity contribution in [2.24, 2.45) is 5.92 Å². The maximum Gasteiger partial charge on any atom is 0.339 e. The molecule has 0 heterocycles. The molecule has 0 aliphatic rings. The number of nitrogens with one attached hydrogen (secondary N) is 2. The average Bonchev–Trinajstić information content (AvgIpc) is 2.75. The van der Waals surface area contributed by atoms with Gasteiger partial charge >= 0.3 is 10.1 Å². The van der Waals surface area contributed by atoms with E-state index in [1.165, 1.54) is 31.4 Å². The Bertz CT molecular complexity index is 1080. The third-order valence-electron chi connectivity index (χ3n) is 4.37. The minimum atomic E-state index is -4.02. The van der Waals surface area contributed by atoms with Crippen molar-refractivity contribution in [3.05, 3.63) is 59.7 Å².